The smallest absolute Gasteiger partial charge is 0.333 e. The molecule has 0 saturated heterocycles. The number of fused-ring (bicyclic) bond motifs is 3. The Bertz CT molecular complexity index is 2130. The quantitative estimate of drug-likeness (QED) is 0.116. The summed E-state index contributed by atoms with van der Waals surface area (Å²) in [5.41, 5.74) is 6.42. The Morgan fingerprint density at radius 2 is 1.70 bits per heavy atom. The maximum absolute atomic E-state index is 13.7. The van der Waals surface area contributed by atoms with E-state index in [0.29, 0.717) is 24.0 Å². The number of nitrogens with zero attached hydrogens (tertiary/aromatic N) is 6. The van der Waals surface area contributed by atoms with E-state index >= 15 is 0 Å². The first-order valence-corrected chi connectivity index (χ1v) is 19.0. The first-order chi connectivity index (χ1) is 25.2. The minimum absolute atomic E-state index is 0.104. The molecule has 11 nitrogen and oxygen atoms in total. The average Bonchev–Trinajstić information content (AvgIpc) is 3.79. The third kappa shape index (κ3) is 8.45. The molecule has 0 spiro atoms. The highest BCUT2D eigenvalue weighted by Crippen LogP contribution is 2.39. The minimum Gasteiger partial charge on any atom is -0.479 e. The molecule has 0 radical (unpaired) electrons. The van der Waals surface area contributed by atoms with Gasteiger partial charge in [-0.3, -0.25) is 19.0 Å². The summed E-state index contributed by atoms with van der Waals surface area (Å²) < 4.78 is 9.60. The second-order valence-corrected chi connectivity index (χ2v) is 16.3. The Morgan fingerprint density at radius 3 is 2.38 bits per heavy atom. The summed E-state index contributed by atoms with van der Waals surface area (Å²) in [6, 6.07) is 15.0. The van der Waals surface area contributed by atoms with Gasteiger partial charge in [-0.25, -0.2) is 4.79 Å². The van der Waals surface area contributed by atoms with Crippen LogP contribution < -0.4 is 5.32 Å². The van der Waals surface area contributed by atoms with E-state index in [4.69, 9.17) is 21.3 Å². The minimum atomic E-state index is -0.935. The Hall–Kier alpha value is -4.65. The molecule has 2 N–H and O–H groups in total. The van der Waals surface area contributed by atoms with Crippen LogP contribution in [-0.2, 0) is 20.9 Å². The van der Waals surface area contributed by atoms with Gasteiger partial charge in [-0.15, -0.1) is 21.5 Å². The van der Waals surface area contributed by atoms with Crippen molar-refractivity contribution >= 4 is 40.5 Å². The second-order valence-electron chi connectivity index (χ2n) is 14.7. The highest BCUT2D eigenvalue weighted by atomic mass is 35.5. The van der Waals surface area contributed by atoms with Crippen LogP contribution in [0, 0.1) is 26.2 Å². The van der Waals surface area contributed by atoms with Gasteiger partial charge in [0.15, 0.2) is 11.9 Å². The van der Waals surface area contributed by atoms with E-state index in [9.17, 15) is 14.7 Å². The first-order valence-electron chi connectivity index (χ1n) is 17.8. The van der Waals surface area contributed by atoms with Gasteiger partial charge < -0.3 is 15.2 Å². The van der Waals surface area contributed by atoms with Crippen molar-refractivity contribution in [2.24, 2.45) is 10.4 Å². The number of aliphatic carboxylic acids is 1. The number of aromatic nitrogens is 5. The monoisotopic (exact) mass is 755 g/mol. The number of carbonyl (C=O) groups is 2. The molecule has 3 atom stereocenters. The number of aryl methyl sites for hydroxylation is 3. The van der Waals surface area contributed by atoms with Gasteiger partial charge in [0.2, 0.25) is 5.91 Å². The molecular weight excluding hydrogens is 710 g/mol. The largest absolute Gasteiger partial charge is 0.479 e. The molecule has 13 heteroatoms. The first kappa shape index (κ1) is 38.1. The number of unbranched alkanes of at least 4 members (excludes halogenated alkanes) is 1. The number of hydrogen-bond acceptors (Lipinski definition) is 8. The second kappa shape index (κ2) is 15.8. The fourth-order valence-electron chi connectivity index (χ4n) is 6.56. The number of nitrogens with one attached hydrogen (secondary N) is 1. The zero-order chi connectivity index (χ0) is 38.0. The highest BCUT2D eigenvalue weighted by Gasteiger charge is 2.33. The third-order valence-corrected chi connectivity index (χ3v) is 11.0. The number of carboxylic acids is 1. The van der Waals surface area contributed by atoms with Crippen molar-refractivity contribution in [3.63, 3.8) is 0 Å². The molecule has 1 aliphatic rings. The molecule has 0 saturated carbocycles. The van der Waals surface area contributed by atoms with Gasteiger partial charge in [-0.2, -0.15) is 5.10 Å². The zero-order valence-corrected chi connectivity index (χ0v) is 32.8. The lowest BCUT2D eigenvalue weighted by molar-refractivity contribution is -0.158. The molecule has 5 aromatic rings. The molecule has 1 unspecified atom stereocenters. The van der Waals surface area contributed by atoms with E-state index in [1.54, 1.807) is 11.3 Å². The number of carboxylic acid groups (broad SMARTS) is 1. The normalized spacial score (nSPS) is 15.2. The lowest BCUT2D eigenvalue weighted by atomic mass is 9.89. The highest BCUT2D eigenvalue weighted by molar-refractivity contribution is 7.15. The Morgan fingerprint density at radius 1 is 1.00 bits per heavy atom. The molecular formula is C40H46ClN7O4S. The van der Waals surface area contributed by atoms with Crippen LogP contribution in [0.4, 0.5) is 0 Å². The third-order valence-electron chi connectivity index (χ3n) is 9.57. The summed E-state index contributed by atoms with van der Waals surface area (Å²) in [5, 5.41) is 27.7. The molecule has 1 amide bonds. The lowest BCUT2D eigenvalue weighted by Crippen LogP contribution is -2.37. The number of thiophene rings is 1. The average molecular weight is 756 g/mol. The van der Waals surface area contributed by atoms with Gasteiger partial charge in [0.1, 0.15) is 16.9 Å². The molecule has 2 aromatic carbocycles. The topological polar surface area (TPSA) is 137 Å². The number of hydrogen-bond donors (Lipinski definition) is 2. The Balaban J connectivity index is 1.10. The van der Waals surface area contributed by atoms with Gasteiger partial charge in [0, 0.05) is 45.9 Å². The summed E-state index contributed by atoms with van der Waals surface area (Å²) in [5.74, 6) is 0.313. The zero-order valence-electron chi connectivity index (χ0n) is 31.2. The van der Waals surface area contributed by atoms with E-state index in [0.717, 1.165) is 62.8 Å². The number of benzene rings is 2. The van der Waals surface area contributed by atoms with Crippen LogP contribution in [0.25, 0.3) is 16.1 Å². The van der Waals surface area contributed by atoms with Gasteiger partial charge in [0.05, 0.1) is 24.4 Å². The van der Waals surface area contributed by atoms with Crippen LogP contribution in [0.3, 0.4) is 0 Å². The fourth-order valence-corrected chi connectivity index (χ4v) is 7.90. The van der Waals surface area contributed by atoms with Crippen molar-refractivity contribution in [1.82, 2.24) is 29.9 Å². The van der Waals surface area contributed by atoms with Crippen molar-refractivity contribution in [3.8, 4) is 16.1 Å². The number of aliphatic imine (C=N–C) groups is 1. The van der Waals surface area contributed by atoms with Gasteiger partial charge in [-0.05, 0) is 74.8 Å². The summed E-state index contributed by atoms with van der Waals surface area (Å²) >= 11 is 7.93. The molecule has 1 aliphatic heterocycles. The van der Waals surface area contributed by atoms with E-state index in [2.05, 4.69) is 34.5 Å². The number of amides is 1. The molecule has 278 valence electrons. The number of rotatable bonds is 13. The van der Waals surface area contributed by atoms with Crippen LogP contribution in [0.15, 0.2) is 65.9 Å². The van der Waals surface area contributed by atoms with Crippen molar-refractivity contribution in [3.05, 3.63) is 105 Å². The van der Waals surface area contributed by atoms with E-state index in [1.807, 2.05) is 105 Å². The summed E-state index contributed by atoms with van der Waals surface area (Å²) in [7, 11) is 0. The standard InChI is InChI=1S/C40H46ClN7O4S/c1-23-25(3)53-38-34(23)35(29-14-16-31(41)17-15-29)44-32(37-46-45-26(4)48(37)38)20-33(49)43-24(2)27-10-12-28(13-11-27)30-21-42-47(22-30)18-8-9-19-52-36(39(50)51)40(5,6)7/h10-17,21-22,24,32,36H,8-9,18-20H2,1-7H3,(H,43,49)(H,50,51)/t24-,32+,36?/m1/s1. The number of ether oxygens (including phenoxy) is 1. The van der Waals surface area contributed by atoms with E-state index < -0.39 is 23.5 Å². The van der Waals surface area contributed by atoms with E-state index in [1.165, 1.54) is 4.88 Å². The van der Waals surface area contributed by atoms with Gasteiger partial charge in [0.25, 0.3) is 0 Å². The molecule has 0 bridgehead atoms. The van der Waals surface area contributed by atoms with Crippen LogP contribution in [-0.4, -0.2) is 60.0 Å². The molecule has 3 aromatic heterocycles. The van der Waals surface area contributed by atoms with Crippen molar-refractivity contribution in [2.75, 3.05) is 6.61 Å². The van der Waals surface area contributed by atoms with Gasteiger partial charge in [-0.1, -0.05) is 68.8 Å². The fraction of sp³-hybridized carbons (Fsp3) is 0.400. The predicted octanol–water partition coefficient (Wildman–Crippen LogP) is 8.23. The van der Waals surface area contributed by atoms with Crippen LogP contribution >= 0.6 is 22.9 Å². The molecule has 6 rings (SSSR count). The molecule has 0 aliphatic carbocycles. The van der Waals surface area contributed by atoms with Crippen LogP contribution in [0.1, 0.15) is 97.8 Å². The summed E-state index contributed by atoms with van der Waals surface area (Å²) in [4.78, 5) is 31.6. The maximum atomic E-state index is 13.7. The van der Waals surface area contributed by atoms with Crippen molar-refractivity contribution in [1.29, 1.82) is 0 Å². The summed E-state index contributed by atoms with van der Waals surface area (Å²) in [6.45, 7) is 14.8. The van der Waals surface area contributed by atoms with Gasteiger partial charge >= 0.3 is 5.97 Å². The summed E-state index contributed by atoms with van der Waals surface area (Å²) in [6.07, 6.45) is 4.66. The number of carbonyl (C=O) groups excluding carboxylic acids is 1. The van der Waals surface area contributed by atoms with Crippen LogP contribution in [0.5, 0.6) is 0 Å². The molecule has 0 fully saturated rings. The van der Waals surface area contributed by atoms with Crippen molar-refractivity contribution in [2.45, 2.75) is 92.5 Å². The molecule has 53 heavy (non-hydrogen) atoms. The Labute approximate surface area is 319 Å². The number of halogens is 1. The predicted molar refractivity (Wildman–Crippen MR) is 208 cm³/mol. The lowest BCUT2D eigenvalue weighted by Gasteiger charge is -2.26. The molecule has 4 heterocycles. The van der Waals surface area contributed by atoms with Crippen molar-refractivity contribution < 1.29 is 19.4 Å². The van der Waals surface area contributed by atoms with E-state index in [-0.39, 0.29) is 18.4 Å². The Kier molecular flexibility index (Phi) is 11.3. The SMILES string of the molecule is Cc1sc2c(c1C)C(c1ccc(Cl)cc1)=N[C@@H](CC(=O)N[C@H](C)c1ccc(-c3cnn(CCCCOC(C(=O)O)C(C)(C)C)c3)cc1)c1nnc(C)n1-2. The van der Waals surface area contributed by atoms with Crippen LogP contribution in [0.2, 0.25) is 5.02 Å². The maximum Gasteiger partial charge on any atom is 0.333 e.